The second-order valence-electron chi connectivity index (χ2n) is 4.06. The molecule has 0 aliphatic heterocycles. The van der Waals surface area contributed by atoms with Gasteiger partial charge in [0.1, 0.15) is 5.60 Å². The summed E-state index contributed by atoms with van der Waals surface area (Å²) in [5.74, 6) is -2.10. The Morgan fingerprint density at radius 2 is 1.69 bits per heavy atom. The molecule has 0 radical (unpaired) electrons. The molecule has 6 nitrogen and oxygen atoms in total. The fraction of sp³-hybridized carbons (Fsp3) is 0.400. The van der Waals surface area contributed by atoms with Gasteiger partial charge in [-0.2, -0.15) is 0 Å². The van der Waals surface area contributed by atoms with Crippen LogP contribution in [0.5, 0.6) is 0 Å². The van der Waals surface area contributed by atoms with Gasteiger partial charge in [-0.25, -0.2) is 19.6 Å². The average molecular weight is 224 g/mol. The summed E-state index contributed by atoms with van der Waals surface area (Å²) in [7, 11) is 0. The first kappa shape index (κ1) is 12.1. The highest BCUT2D eigenvalue weighted by atomic mass is 16.6. The van der Waals surface area contributed by atoms with E-state index in [1.54, 1.807) is 20.8 Å². The minimum absolute atomic E-state index is 0.287. The standard InChI is InChI=1S/C10H12N2O4/c1-10(2,3)16-9(15)7-6(8(13)14)11-4-5-12-7/h4-5H,1-3H3,(H,13,14). The van der Waals surface area contributed by atoms with Crippen LogP contribution in [-0.2, 0) is 4.74 Å². The van der Waals surface area contributed by atoms with E-state index in [9.17, 15) is 9.59 Å². The summed E-state index contributed by atoms with van der Waals surface area (Å²) in [5, 5.41) is 8.80. The van der Waals surface area contributed by atoms with E-state index in [0.717, 1.165) is 0 Å². The van der Waals surface area contributed by atoms with Crippen molar-refractivity contribution in [2.24, 2.45) is 0 Å². The lowest BCUT2D eigenvalue weighted by Gasteiger charge is -2.19. The fourth-order valence-corrected chi connectivity index (χ4v) is 0.970. The van der Waals surface area contributed by atoms with Crippen molar-refractivity contribution in [2.45, 2.75) is 26.4 Å². The molecule has 0 fully saturated rings. The molecule has 1 heterocycles. The van der Waals surface area contributed by atoms with E-state index in [1.165, 1.54) is 12.4 Å². The number of carboxylic acids is 1. The summed E-state index contributed by atoms with van der Waals surface area (Å²) in [6.45, 7) is 5.05. The van der Waals surface area contributed by atoms with Crippen molar-refractivity contribution in [1.29, 1.82) is 0 Å². The maximum atomic E-state index is 11.6. The molecule has 0 aliphatic carbocycles. The smallest absolute Gasteiger partial charge is 0.360 e. The van der Waals surface area contributed by atoms with Gasteiger partial charge in [0.2, 0.25) is 0 Å². The number of carbonyl (C=O) groups excluding carboxylic acids is 1. The third kappa shape index (κ3) is 3.01. The predicted molar refractivity (Wildman–Crippen MR) is 54.2 cm³/mol. The number of hydrogen-bond acceptors (Lipinski definition) is 5. The molecule has 6 heteroatoms. The van der Waals surface area contributed by atoms with Crippen LogP contribution in [0.1, 0.15) is 41.7 Å². The molecule has 0 aromatic carbocycles. The third-order valence-electron chi connectivity index (χ3n) is 1.49. The second-order valence-corrected chi connectivity index (χ2v) is 4.06. The van der Waals surface area contributed by atoms with Crippen LogP contribution in [0.15, 0.2) is 12.4 Å². The molecule has 1 aromatic rings. The van der Waals surface area contributed by atoms with Crippen LogP contribution in [0.25, 0.3) is 0 Å². The van der Waals surface area contributed by atoms with Gasteiger partial charge in [-0.3, -0.25) is 0 Å². The molecule has 1 N–H and O–H groups in total. The number of carboxylic acid groups (broad SMARTS) is 1. The SMILES string of the molecule is CC(C)(C)OC(=O)c1nccnc1C(=O)O. The van der Waals surface area contributed by atoms with E-state index in [0.29, 0.717) is 0 Å². The number of ether oxygens (including phenoxy) is 1. The van der Waals surface area contributed by atoms with Crippen LogP contribution in [0.2, 0.25) is 0 Å². The van der Waals surface area contributed by atoms with Crippen LogP contribution in [-0.4, -0.2) is 32.6 Å². The number of hydrogen-bond donors (Lipinski definition) is 1. The van der Waals surface area contributed by atoms with Crippen molar-refractivity contribution >= 4 is 11.9 Å². The average Bonchev–Trinajstić information content (AvgIpc) is 2.15. The first-order valence-corrected chi connectivity index (χ1v) is 4.59. The predicted octanol–water partition coefficient (Wildman–Crippen LogP) is 1.13. The van der Waals surface area contributed by atoms with Crippen LogP contribution in [0, 0.1) is 0 Å². The highest BCUT2D eigenvalue weighted by molar-refractivity contribution is 5.99. The molecule has 16 heavy (non-hydrogen) atoms. The molecular weight excluding hydrogens is 212 g/mol. The van der Waals surface area contributed by atoms with Crippen LogP contribution >= 0.6 is 0 Å². The molecule has 0 aliphatic rings. The molecule has 1 aromatic heterocycles. The highest BCUT2D eigenvalue weighted by Crippen LogP contribution is 2.12. The lowest BCUT2D eigenvalue weighted by molar-refractivity contribution is 0.00581. The van der Waals surface area contributed by atoms with Crippen molar-refractivity contribution in [3.05, 3.63) is 23.8 Å². The molecule has 0 amide bonds. The summed E-state index contributed by atoms with van der Waals surface area (Å²) in [4.78, 5) is 29.6. The van der Waals surface area contributed by atoms with Crippen molar-refractivity contribution < 1.29 is 19.4 Å². The van der Waals surface area contributed by atoms with E-state index < -0.39 is 23.2 Å². The Kier molecular flexibility index (Phi) is 3.22. The van der Waals surface area contributed by atoms with Gasteiger partial charge in [0.25, 0.3) is 0 Å². The van der Waals surface area contributed by atoms with Gasteiger partial charge in [0, 0.05) is 12.4 Å². The number of rotatable bonds is 2. The van der Waals surface area contributed by atoms with E-state index in [-0.39, 0.29) is 5.69 Å². The summed E-state index contributed by atoms with van der Waals surface area (Å²) in [6.07, 6.45) is 2.45. The van der Waals surface area contributed by atoms with Gasteiger partial charge in [0.05, 0.1) is 0 Å². The summed E-state index contributed by atoms with van der Waals surface area (Å²) < 4.78 is 5.01. The number of nitrogens with zero attached hydrogens (tertiary/aromatic N) is 2. The molecule has 0 saturated heterocycles. The lowest BCUT2D eigenvalue weighted by Crippen LogP contribution is -2.26. The number of aromatic nitrogens is 2. The minimum Gasteiger partial charge on any atom is -0.476 e. The largest absolute Gasteiger partial charge is 0.476 e. The molecule has 0 unspecified atom stereocenters. The molecular formula is C10H12N2O4. The molecule has 1 rings (SSSR count). The number of esters is 1. The van der Waals surface area contributed by atoms with Crippen molar-refractivity contribution in [3.8, 4) is 0 Å². The Labute approximate surface area is 92.3 Å². The van der Waals surface area contributed by atoms with E-state index in [4.69, 9.17) is 9.84 Å². The van der Waals surface area contributed by atoms with Gasteiger partial charge in [0.15, 0.2) is 11.4 Å². The maximum Gasteiger partial charge on any atom is 0.360 e. The van der Waals surface area contributed by atoms with E-state index >= 15 is 0 Å². The second kappa shape index (κ2) is 4.26. The topological polar surface area (TPSA) is 89.4 Å². The van der Waals surface area contributed by atoms with Crippen LogP contribution in [0.3, 0.4) is 0 Å². The van der Waals surface area contributed by atoms with Gasteiger partial charge < -0.3 is 9.84 Å². The zero-order valence-electron chi connectivity index (χ0n) is 9.22. The van der Waals surface area contributed by atoms with Crippen LogP contribution in [0.4, 0.5) is 0 Å². The maximum absolute atomic E-state index is 11.6. The third-order valence-corrected chi connectivity index (χ3v) is 1.49. The minimum atomic E-state index is -1.31. The normalized spacial score (nSPS) is 10.9. The Morgan fingerprint density at radius 3 is 2.12 bits per heavy atom. The summed E-state index contributed by atoms with van der Waals surface area (Å²) in [6, 6.07) is 0. The highest BCUT2D eigenvalue weighted by Gasteiger charge is 2.24. The van der Waals surface area contributed by atoms with E-state index in [1.807, 2.05) is 0 Å². The zero-order chi connectivity index (χ0) is 12.3. The van der Waals surface area contributed by atoms with Crippen molar-refractivity contribution in [3.63, 3.8) is 0 Å². The first-order valence-electron chi connectivity index (χ1n) is 4.59. The lowest BCUT2D eigenvalue weighted by atomic mass is 10.2. The molecule has 0 saturated carbocycles. The van der Waals surface area contributed by atoms with Crippen molar-refractivity contribution in [2.75, 3.05) is 0 Å². The summed E-state index contributed by atoms with van der Waals surface area (Å²) in [5.41, 5.74) is -1.40. The monoisotopic (exact) mass is 224 g/mol. The number of carbonyl (C=O) groups is 2. The van der Waals surface area contributed by atoms with Crippen molar-refractivity contribution in [1.82, 2.24) is 9.97 Å². The molecule has 0 spiro atoms. The van der Waals surface area contributed by atoms with Crippen LogP contribution < -0.4 is 0 Å². The Balaban J connectivity index is 3.04. The van der Waals surface area contributed by atoms with Gasteiger partial charge in [-0.15, -0.1) is 0 Å². The quantitative estimate of drug-likeness (QED) is 0.757. The van der Waals surface area contributed by atoms with E-state index in [2.05, 4.69) is 9.97 Å². The molecule has 86 valence electrons. The Hall–Kier alpha value is -1.98. The van der Waals surface area contributed by atoms with Gasteiger partial charge >= 0.3 is 11.9 Å². The van der Waals surface area contributed by atoms with Gasteiger partial charge in [-0.1, -0.05) is 0 Å². The fourth-order valence-electron chi connectivity index (χ4n) is 0.970. The molecule has 0 atom stereocenters. The first-order chi connectivity index (χ1) is 7.31. The zero-order valence-corrected chi connectivity index (χ0v) is 9.22. The molecule has 0 bridgehead atoms. The Morgan fingerprint density at radius 1 is 1.19 bits per heavy atom. The summed E-state index contributed by atoms with van der Waals surface area (Å²) >= 11 is 0. The Bertz CT molecular complexity index is 423. The van der Waals surface area contributed by atoms with Gasteiger partial charge in [-0.05, 0) is 20.8 Å². The number of aromatic carboxylic acids is 1.